The molecule has 0 aliphatic heterocycles. The second-order valence-corrected chi connectivity index (χ2v) is 7.84. The summed E-state index contributed by atoms with van der Waals surface area (Å²) in [4.78, 5) is 11.9. The van der Waals surface area contributed by atoms with Crippen molar-refractivity contribution >= 4 is 14.8 Å². The molecule has 0 aromatic carbocycles. The van der Waals surface area contributed by atoms with Gasteiger partial charge in [-0.05, 0) is 31.8 Å². The SMILES string of the molecule is C=CC1(OC(=O)CC[Si](OC)(OC)OC)CCCC1. The van der Waals surface area contributed by atoms with Crippen LogP contribution in [-0.4, -0.2) is 41.7 Å². The molecular formula is C13H24O5Si. The fraction of sp³-hybridized carbons (Fsp3) is 0.769. The van der Waals surface area contributed by atoms with Crippen LogP contribution in [0.5, 0.6) is 0 Å². The summed E-state index contributed by atoms with van der Waals surface area (Å²) in [7, 11) is 1.91. The highest BCUT2D eigenvalue weighted by atomic mass is 28.4. The van der Waals surface area contributed by atoms with Gasteiger partial charge in [0.25, 0.3) is 0 Å². The van der Waals surface area contributed by atoms with Crippen LogP contribution >= 0.6 is 0 Å². The van der Waals surface area contributed by atoms with E-state index in [1.807, 2.05) is 0 Å². The second-order valence-electron chi connectivity index (χ2n) is 4.75. The van der Waals surface area contributed by atoms with Gasteiger partial charge in [-0.25, -0.2) is 0 Å². The summed E-state index contributed by atoms with van der Waals surface area (Å²) in [5, 5.41) is 0. The van der Waals surface area contributed by atoms with Gasteiger partial charge < -0.3 is 18.0 Å². The maximum atomic E-state index is 11.9. The lowest BCUT2D eigenvalue weighted by molar-refractivity contribution is -0.154. The highest BCUT2D eigenvalue weighted by molar-refractivity contribution is 6.60. The van der Waals surface area contributed by atoms with Gasteiger partial charge in [-0.1, -0.05) is 6.58 Å². The second kappa shape index (κ2) is 7.19. The Hall–Kier alpha value is -0.693. The van der Waals surface area contributed by atoms with Crippen LogP contribution in [0, 0.1) is 0 Å². The molecule has 0 amide bonds. The molecule has 0 aromatic rings. The van der Waals surface area contributed by atoms with E-state index in [2.05, 4.69) is 6.58 Å². The lowest BCUT2D eigenvalue weighted by Gasteiger charge is -2.27. The summed E-state index contributed by atoms with van der Waals surface area (Å²) >= 11 is 0. The number of hydrogen-bond acceptors (Lipinski definition) is 5. The Morgan fingerprint density at radius 1 is 1.21 bits per heavy atom. The van der Waals surface area contributed by atoms with E-state index in [0.717, 1.165) is 25.7 Å². The first-order valence-corrected chi connectivity index (χ1v) is 8.49. The predicted octanol–water partition coefficient (Wildman–Crippen LogP) is 2.30. The third-order valence-corrected chi connectivity index (χ3v) is 6.44. The third kappa shape index (κ3) is 4.14. The number of hydrogen-bond donors (Lipinski definition) is 0. The Balaban J connectivity index is 2.49. The van der Waals surface area contributed by atoms with Crippen molar-refractivity contribution < 1.29 is 22.8 Å². The fourth-order valence-corrected chi connectivity index (χ4v) is 4.03. The minimum atomic E-state index is -2.70. The lowest BCUT2D eigenvalue weighted by Crippen LogP contribution is -2.43. The van der Waals surface area contributed by atoms with E-state index in [1.165, 1.54) is 21.3 Å². The molecule has 5 nitrogen and oxygen atoms in total. The van der Waals surface area contributed by atoms with E-state index in [0.29, 0.717) is 6.04 Å². The highest BCUT2D eigenvalue weighted by Crippen LogP contribution is 2.34. The summed E-state index contributed by atoms with van der Waals surface area (Å²) < 4.78 is 21.4. The highest BCUT2D eigenvalue weighted by Gasteiger charge is 2.40. The van der Waals surface area contributed by atoms with Crippen molar-refractivity contribution in [2.45, 2.75) is 43.7 Å². The molecule has 0 radical (unpaired) electrons. The van der Waals surface area contributed by atoms with E-state index in [-0.39, 0.29) is 12.4 Å². The molecule has 19 heavy (non-hydrogen) atoms. The van der Waals surface area contributed by atoms with Gasteiger partial charge in [-0.2, -0.15) is 0 Å². The Kier molecular flexibility index (Phi) is 6.19. The minimum Gasteiger partial charge on any atom is -0.455 e. The van der Waals surface area contributed by atoms with Crippen LogP contribution < -0.4 is 0 Å². The molecule has 1 aliphatic carbocycles. The van der Waals surface area contributed by atoms with Gasteiger partial charge in [0.2, 0.25) is 0 Å². The van der Waals surface area contributed by atoms with Crippen molar-refractivity contribution in [3.63, 3.8) is 0 Å². The molecule has 0 spiro atoms. The molecule has 6 heteroatoms. The zero-order valence-corrected chi connectivity index (χ0v) is 13.1. The van der Waals surface area contributed by atoms with Crippen LogP contribution in [0.1, 0.15) is 32.1 Å². The molecule has 1 rings (SSSR count). The normalized spacial score (nSPS) is 18.3. The number of esters is 1. The number of carbonyl (C=O) groups excluding carboxylic acids is 1. The van der Waals surface area contributed by atoms with Gasteiger partial charge in [-0.15, -0.1) is 0 Å². The molecule has 0 N–H and O–H groups in total. The summed E-state index contributed by atoms with van der Waals surface area (Å²) in [6, 6.07) is 0.419. The Labute approximate surface area is 116 Å². The Bertz CT molecular complexity index is 300. The largest absolute Gasteiger partial charge is 0.500 e. The topological polar surface area (TPSA) is 54.0 Å². The Morgan fingerprint density at radius 3 is 2.16 bits per heavy atom. The minimum absolute atomic E-state index is 0.233. The average molecular weight is 288 g/mol. The summed E-state index contributed by atoms with van der Waals surface area (Å²) in [5.74, 6) is -0.246. The quantitative estimate of drug-likeness (QED) is 0.390. The van der Waals surface area contributed by atoms with Crippen LogP contribution in [0.3, 0.4) is 0 Å². The lowest BCUT2D eigenvalue weighted by atomic mass is 10.0. The van der Waals surface area contributed by atoms with Gasteiger partial charge >= 0.3 is 14.8 Å². The van der Waals surface area contributed by atoms with Gasteiger partial charge in [0, 0.05) is 33.8 Å². The maximum Gasteiger partial charge on any atom is 0.500 e. The summed E-state index contributed by atoms with van der Waals surface area (Å²) in [6.45, 7) is 3.78. The zero-order chi connectivity index (χ0) is 14.4. The molecule has 0 saturated heterocycles. The van der Waals surface area contributed by atoms with Crippen molar-refractivity contribution in [1.82, 2.24) is 0 Å². The number of rotatable bonds is 8. The fourth-order valence-electron chi connectivity index (χ4n) is 2.41. The first-order chi connectivity index (χ1) is 9.05. The Morgan fingerprint density at radius 2 is 1.74 bits per heavy atom. The zero-order valence-electron chi connectivity index (χ0n) is 12.1. The molecule has 1 saturated carbocycles. The maximum absolute atomic E-state index is 11.9. The first kappa shape index (κ1) is 16.4. The molecule has 1 fully saturated rings. The van der Waals surface area contributed by atoms with Gasteiger partial charge in [0.15, 0.2) is 0 Å². The average Bonchev–Trinajstić information content (AvgIpc) is 2.90. The third-order valence-electron chi connectivity index (χ3n) is 3.71. The standard InChI is InChI=1S/C13H24O5Si/c1-5-13(9-6-7-10-13)18-12(14)8-11-19(15-2,16-3)17-4/h5H,1,6-11H2,2-4H3. The van der Waals surface area contributed by atoms with Gasteiger partial charge in [-0.3, -0.25) is 4.79 Å². The van der Waals surface area contributed by atoms with E-state index in [4.69, 9.17) is 18.0 Å². The van der Waals surface area contributed by atoms with E-state index < -0.39 is 14.4 Å². The molecule has 0 aromatic heterocycles. The summed E-state index contributed by atoms with van der Waals surface area (Å²) in [5.41, 5.74) is -0.464. The van der Waals surface area contributed by atoms with E-state index >= 15 is 0 Å². The van der Waals surface area contributed by atoms with E-state index in [1.54, 1.807) is 6.08 Å². The van der Waals surface area contributed by atoms with Crippen molar-refractivity contribution in [2.24, 2.45) is 0 Å². The molecule has 0 bridgehead atoms. The monoisotopic (exact) mass is 288 g/mol. The van der Waals surface area contributed by atoms with Crippen molar-refractivity contribution in [2.75, 3.05) is 21.3 Å². The van der Waals surface area contributed by atoms with Gasteiger partial charge in [0.1, 0.15) is 5.60 Å². The van der Waals surface area contributed by atoms with Crippen molar-refractivity contribution in [1.29, 1.82) is 0 Å². The van der Waals surface area contributed by atoms with Crippen molar-refractivity contribution in [3.8, 4) is 0 Å². The van der Waals surface area contributed by atoms with Crippen LogP contribution in [0.25, 0.3) is 0 Å². The number of carbonyl (C=O) groups is 1. The van der Waals surface area contributed by atoms with Crippen LogP contribution in [0.15, 0.2) is 12.7 Å². The molecular weight excluding hydrogens is 264 g/mol. The first-order valence-electron chi connectivity index (χ1n) is 6.56. The number of ether oxygens (including phenoxy) is 1. The molecule has 0 atom stereocenters. The molecule has 110 valence electrons. The molecule has 0 unspecified atom stereocenters. The smallest absolute Gasteiger partial charge is 0.455 e. The van der Waals surface area contributed by atoms with E-state index in [9.17, 15) is 4.79 Å². The molecule has 0 heterocycles. The van der Waals surface area contributed by atoms with Crippen LogP contribution in [-0.2, 0) is 22.8 Å². The predicted molar refractivity (Wildman–Crippen MR) is 73.7 cm³/mol. The van der Waals surface area contributed by atoms with Crippen molar-refractivity contribution in [3.05, 3.63) is 12.7 Å². The van der Waals surface area contributed by atoms with Gasteiger partial charge in [0.05, 0.1) is 0 Å². The summed E-state index contributed by atoms with van der Waals surface area (Å²) in [6.07, 6.45) is 5.87. The van der Waals surface area contributed by atoms with Crippen LogP contribution in [0.4, 0.5) is 0 Å². The van der Waals surface area contributed by atoms with Crippen LogP contribution in [0.2, 0.25) is 6.04 Å². The molecule has 1 aliphatic rings.